The quantitative estimate of drug-likeness (QED) is 0.470. The van der Waals surface area contributed by atoms with Crippen LogP contribution in [0.1, 0.15) is 23.9 Å². The average molecular weight is 353 g/mol. The normalized spacial score (nSPS) is 11.7. The van der Waals surface area contributed by atoms with E-state index in [1.807, 2.05) is 37.3 Å². The number of H-pyrrole nitrogens is 1. The first-order valence-electron chi connectivity index (χ1n) is 8.86. The smallest absolute Gasteiger partial charge is 0.191 e. The highest BCUT2D eigenvalue weighted by Gasteiger charge is 2.03. The topological polar surface area (TPSA) is 65.1 Å². The molecule has 0 unspecified atom stereocenters. The van der Waals surface area contributed by atoms with Gasteiger partial charge in [-0.15, -0.1) is 0 Å². The molecule has 1 aromatic heterocycles. The lowest BCUT2D eigenvalue weighted by molar-refractivity contribution is 0.617. The minimum absolute atomic E-state index is 0.186. The number of benzene rings is 2. The lowest BCUT2D eigenvalue weighted by Crippen LogP contribution is -2.38. The maximum atomic E-state index is 13.4. The number of aromatic amines is 1. The summed E-state index contributed by atoms with van der Waals surface area (Å²) in [6, 6.07) is 13.1. The van der Waals surface area contributed by atoms with Gasteiger partial charge in [0.1, 0.15) is 11.6 Å². The third-order valence-corrected chi connectivity index (χ3v) is 4.08. The molecule has 5 nitrogen and oxygen atoms in total. The highest BCUT2D eigenvalue weighted by molar-refractivity contribution is 5.79. The Morgan fingerprint density at radius 2 is 2.04 bits per heavy atom. The fourth-order valence-corrected chi connectivity index (χ4v) is 2.74. The molecular formula is C20H24FN5. The molecule has 0 aliphatic rings. The van der Waals surface area contributed by atoms with Gasteiger partial charge >= 0.3 is 0 Å². The van der Waals surface area contributed by atoms with E-state index in [0.29, 0.717) is 18.7 Å². The minimum Gasteiger partial charge on any atom is -0.357 e. The second-order valence-corrected chi connectivity index (χ2v) is 6.16. The number of hydrogen-bond donors (Lipinski definition) is 3. The molecule has 1 heterocycles. The Morgan fingerprint density at radius 1 is 1.19 bits per heavy atom. The highest BCUT2D eigenvalue weighted by atomic mass is 19.1. The van der Waals surface area contributed by atoms with Gasteiger partial charge in [-0.1, -0.05) is 24.3 Å². The molecule has 0 radical (unpaired) electrons. The van der Waals surface area contributed by atoms with Gasteiger partial charge < -0.3 is 15.6 Å². The second-order valence-electron chi connectivity index (χ2n) is 6.16. The van der Waals surface area contributed by atoms with Gasteiger partial charge in [-0.25, -0.2) is 14.4 Å². The number of rotatable bonds is 6. The van der Waals surface area contributed by atoms with Crippen LogP contribution in [0.4, 0.5) is 4.39 Å². The van der Waals surface area contributed by atoms with E-state index in [1.165, 1.54) is 6.07 Å². The number of hydrogen-bond acceptors (Lipinski definition) is 2. The van der Waals surface area contributed by atoms with E-state index in [2.05, 4.69) is 25.6 Å². The van der Waals surface area contributed by atoms with Gasteiger partial charge in [0.15, 0.2) is 5.96 Å². The van der Waals surface area contributed by atoms with Crippen molar-refractivity contribution in [2.24, 2.45) is 4.99 Å². The van der Waals surface area contributed by atoms with Crippen molar-refractivity contribution in [3.8, 4) is 0 Å². The summed E-state index contributed by atoms with van der Waals surface area (Å²) in [7, 11) is 0. The molecular weight excluding hydrogens is 329 g/mol. The number of para-hydroxylation sites is 2. The standard InChI is InChI=1S/C20H24FN5/c1-3-22-20(24-13-15-8-9-16(21)14(2)12-15)23-11-10-19-25-17-6-4-5-7-18(17)26-19/h4-9,12H,3,10-11,13H2,1-2H3,(H,25,26)(H2,22,23,24). The predicted octanol–water partition coefficient (Wildman–Crippen LogP) is 3.31. The number of imidazole rings is 1. The third kappa shape index (κ3) is 4.59. The zero-order chi connectivity index (χ0) is 18.4. The molecule has 0 aliphatic carbocycles. The van der Waals surface area contributed by atoms with E-state index in [4.69, 9.17) is 0 Å². The van der Waals surface area contributed by atoms with Crippen molar-refractivity contribution in [1.82, 2.24) is 20.6 Å². The van der Waals surface area contributed by atoms with Gasteiger partial charge in [0.2, 0.25) is 0 Å². The van der Waals surface area contributed by atoms with Crippen LogP contribution < -0.4 is 10.6 Å². The predicted molar refractivity (Wildman–Crippen MR) is 104 cm³/mol. The van der Waals surface area contributed by atoms with Crippen LogP contribution in [0.25, 0.3) is 11.0 Å². The number of aliphatic imine (C=N–C) groups is 1. The Bertz CT molecular complexity index is 867. The Labute approximate surface area is 152 Å². The van der Waals surface area contributed by atoms with Gasteiger partial charge in [-0.3, -0.25) is 0 Å². The number of nitrogens with one attached hydrogen (secondary N) is 3. The monoisotopic (exact) mass is 353 g/mol. The highest BCUT2D eigenvalue weighted by Crippen LogP contribution is 2.11. The zero-order valence-corrected chi connectivity index (χ0v) is 15.1. The van der Waals surface area contributed by atoms with Crippen LogP contribution in [0.2, 0.25) is 0 Å². The fourth-order valence-electron chi connectivity index (χ4n) is 2.74. The van der Waals surface area contributed by atoms with Crippen molar-refractivity contribution >= 4 is 17.0 Å². The maximum absolute atomic E-state index is 13.4. The number of aromatic nitrogens is 2. The van der Waals surface area contributed by atoms with E-state index < -0.39 is 0 Å². The number of guanidine groups is 1. The second kappa shape index (κ2) is 8.47. The van der Waals surface area contributed by atoms with Crippen LogP contribution in [-0.4, -0.2) is 29.0 Å². The molecule has 0 bridgehead atoms. The molecule has 3 aromatic rings. The molecule has 0 atom stereocenters. The van der Waals surface area contributed by atoms with Crippen molar-refractivity contribution < 1.29 is 4.39 Å². The van der Waals surface area contributed by atoms with Crippen molar-refractivity contribution in [2.75, 3.05) is 13.1 Å². The van der Waals surface area contributed by atoms with E-state index in [9.17, 15) is 4.39 Å². The molecule has 0 spiro atoms. The van der Waals surface area contributed by atoms with E-state index >= 15 is 0 Å². The van der Waals surface area contributed by atoms with Crippen molar-refractivity contribution in [1.29, 1.82) is 0 Å². The van der Waals surface area contributed by atoms with Crippen LogP contribution in [0.15, 0.2) is 47.5 Å². The van der Waals surface area contributed by atoms with E-state index in [1.54, 1.807) is 13.0 Å². The summed E-state index contributed by atoms with van der Waals surface area (Å²) >= 11 is 0. The van der Waals surface area contributed by atoms with E-state index in [0.717, 1.165) is 41.3 Å². The first kappa shape index (κ1) is 17.9. The summed E-state index contributed by atoms with van der Waals surface area (Å²) < 4.78 is 13.4. The summed E-state index contributed by atoms with van der Waals surface area (Å²) in [5, 5.41) is 6.54. The summed E-state index contributed by atoms with van der Waals surface area (Å²) in [6.07, 6.45) is 0.773. The Balaban J connectivity index is 1.57. The molecule has 0 saturated carbocycles. The first-order chi connectivity index (χ1) is 12.7. The third-order valence-electron chi connectivity index (χ3n) is 4.08. The molecule has 0 aliphatic heterocycles. The Kier molecular flexibility index (Phi) is 5.84. The van der Waals surface area contributed by atoms with Gasteiger partial charge in [0.05, 0.1) is 17.6 Å². The van der Waals surface area contributed by atoms with Crippen molar-refractivity contribution in [2.45, 2.75) is 26.8 Å². The van der Waals surface area contributed by atoms with Crippen LogP contribution in [0, 0.1) is 12.7 Å². The van der Waals surface area contributed by atoms with Gasteiger partial charge in [0.25, 0.3) is 0 Å². The summed E-state index contributed by atoms with van der Waals surface area (Å²) in [6.45, 7) is 5.78. The zero-order valence-electron chi connectivity index (χ0n) is 15.1. The SMILES string of the molecule is CCNC(=NCc1ccc(F)c(C)c1)NCCc1nc2ccccc2[nH]1. The molecule has 3 rings (SSSR count). The number of nitrogens with zero attached hydrogens (tertiary/aromatic N) is 2. The summed E-state index contributed by atoms with van der Waals surface area (Å²) in [5.74, 6) is 1.50. The molecule has 0 saturated heterocycles. The van der Waals surface area contributed by atoms with Gasteiger partial charge in [0, 0.05) is 19.5 Å². The molecule has 0 amide bonds. The van der Waals surface area contributed by atoms with Crippen LogP contribution >= 0.6 is 0 Å². The molecule has 2 aromatic carbocycles. The molecule has 26 heavy (non-hydrogen) atoms. The molecule has 6 heteroatoms. The number of fused-ring (bicyclic) bond motifs is 1. The largest absolute Gasteiger partial charge is 0.357 e. The van der Waals surface area contributed by atoms with Gasteiger partial charge in [-0.2, -0.15) is 0 Å². The lowest BCUT2D eigenvalue weighted by Gasteiger charge is -2.11. The lowest BCUT2D eigenvalue weighted by atomic mass is 10.1. The molecule has 3 N–H and O–H groups in total. The van der Waals surface area contributed by atoms with Crippen LogP contribution in [0.3, 0.4) is 0 Å². The number of halogens is 1. The molecule has 136 valence electrons. The summed E-state index contributed by atoms with van der Waals surface area (Å²) in [5.41, 5.74) is 3.66. The van der Waals surface area contributed by atoms with Gasteiger partial charge in [-0.05, 0) is 43.2 Å². The van der Waals surface area contributed by atoms with Crippen LogP contribution in [0.5, 0.6) is 0 Å². The minimum atomic E-state index is -0.186. The summed E-state index contributed by atoms with van der Waals surface area (Å²) in [4.78, 5) is 12.5. The van der Waals surface area contributed by atoms with Crippen molar-refractivity contribution in [3.63, 3.8) is 0 Å². The first-order valence-corrected chi connectivity index (χ1v) is 8.86. The van der Waals surface area contributed by atoms with Crippen molar-refractivity contribution in [3.05, 3.63) is 65.2 Å². The maximum Gasteiger partial charge on any atom is 0.191 e. The fraction of sp³-hybridized carbons (Fsp3) is 0.300. The van der Waals surface area contributed by atoms with E-state index in [-0.39, 0.29) is 5.82 Å². The number of aryl methyl sites for hydroxylation is 1. The molecule has 0 fully saturated rings. The Morgan fingerprint density at radius 3 is 2.81 bits per heavy atom. The van der Waals surface area contributed by atoms with Crippen LogP contribution in [-0.2, 0) is 13.0 Å². The average Bonchev–Trinajstić information content (AvgIpc) is 3.05. The Hall–Kier alpha value is -2.89.